The average Bonchev–Trinajstić information content (AvgIpc) is 2.34. The number of ether oxygens (including phenoxy) is 1. The minimum atomic E-state index is -0.896. The number of Topliss-reactive ketones (excluding diaryl/α,β-unsaturated/α-hetero) is 1. The fourth-order valence-corrected chi connectivity index (χ4v) is 2.20. The smallest absolute Gasteiger partial charge is 0.168 e. The predicted octanol–water partition coefficient (Wildman–Crippen LogP) is 3.04. The van der Waals surface area contributed by atoms with Gasteiger partial charge in [0, 0.05) is 18.6 Å². The molecule has 0 radical (unpaired) electrons. The van der Waals surface area contributed by atoms with Gasteiger partial charge in [0.15, 0.2) is 5.78 Å². The summed E-state index contributed by atoms with van der Waals surface area (Å²) in [6.45, 7) is 2.23. The molecule has 0 N–H and O–H groups in total. The molecular weight excluding hydrogens is 238 g/mol. The van der Waals surface area contributed by atoms with Crippen molar-refractivity contribution in [3.05, 3.63) is 35.4 Å². The first kappa shape index (κ1) is 13.1. The number of rotatable bonds is 3. The van der Waals surface area contributed by atoms with Crippen LogP contribution in [0.15, 0.2) is 18.2 Å². The molecule has 1 saturated heterocycles. The molecule has 98 valence electrons. The Morgan fingerprint density at radius 2 is 2.00 bits per heavy atom. The Morgan fingerprint density at radius 1 is 1.33 bits per heavy atom. The van der Waals surface area contributed by atoms with Crippen molar-refractivity contribution in [2.45, 2.75) is 38.2 Å². The van der Waals surface area contributed by atoms with Crippen molar-refractivity contribution >= 4 is 5.78 Å². The molecule has 1 atom stereocenters. The molecule has 0 saturated carbocycles. The summed E-state index contributed by atoms with van der Waals surface area (Å²) in [7, 11) is 0. The minimum Gasteiger partial charge on any atom is -0.367 e. The van der Waals surface area contributed by atoms with Crippen LogP contribution < -0.4 is 0 Å². The third kappa shape index (κ3) is 2.58. The molecule has 1 aliphatic heterocycles. The molecule has 2 nitrogen and oxygen atoms in total. The van der Waals surface area contributed by atoms with Crippen LogP contribution in [0, 0.1) is 11.6 Å². The maximum absolute atomic E-state index is 13.5. The summed E-state index contributed by atoms with van der Waals surface area (Å²) >= 11 is 0. The van der Waals surface area contributed by atoms with Crippen LogP contribution in [-0.2, 0) is 16.0 Å². The summed E-state index contributed by atoms with van der Waals surface area (Å²) < 4.78 is 32.4. The van der Waals surface area contributed by atoms with E-state index in [-0.39, 0.29) is 17.8 Å². The van der Waals surface area contributed by atoms with E-state index in [0.29, 0.717) is 13.0 Å². The van der Waals surface area contributed by atoms with Gasteiger partial charge in [-0.1, -0.05) is 6.07 Å². The van der Waals surface area contributed by atoms with Gasteiger partial charge in [0.25, 0.3) is 0 Å². The van der Waals surface area contributed by atoms with E-state index in [9.17, 15) is 13.6 Å². The number of carbonyl (C=O) groups is 1. The molecule has 1 fully saturated rings. The van der Waals surface area contributed by atoms with Crippen molar-refractivity contribution in [3.8, 4) is 0 Å². The van der Waals surface area contributed by atoms with Crippen LogP contribution in [0.5, 0.6) is 0 Å². The zero-order chi connectivity index (χ0) is 13.2. The second-order valence-corrected chi connectivity index (χ2v) is 4.84. The lowest BCUT2D eigenvalue weighted by atomic mass is 9.88. The first-order valence-electron chi connectivity index (χ1n) is 6.13. The SMILES string of the molecule is CC1(C(=O)Cc2c(F)cccc2F)CCCCO1. The number of hydrogen-bond acceptors (Lipinski definition) is 2. The molecule has 4 heteroatoms. The minimum absolute atomic E-state index is 0.169. The third-order valence-corrected chi connectivity index (χ3v) is 3.46. The molecule has 0 amide bonds. The standard InChI is InChI=1S/C14H16F2O2/c1-14(7-2-3-8-18-14)13(17)9-10-11(15)5-4-6-12(10)16/h4-6H,2-3,7-9H2,1H3. The predicted molar refractivity (Wildman–Crippen MR) is 63.3 cm³/mol. The number of ketones is 1. The normalized spacial score (nSPS) is 23.9. The van der Waals surface area contributed by atoms with Crippen LogP contribution in [0.1, 0.15) is 31.7 Å². The Bertz CT molecular complexity index is 431. The van der Waals surface area contributed by atoms with E-state index in [1.807, 2.05) is 0 Å². The lowest BCUT2D eigenvalue weighted by Crippen LogP contribution is -2.42. The van der Waals surface area contributed by atoms with Crippen LogP contribution in [0.25, 0.3) is 0 Å². The quantitative estimate of drug-likeness (QED) is 0.828. The lowest BCUT2D eigenvalue weighted by molar-refractivity contribution is -0.147. The summed E-state index contributed by atoms with van der Waals surface area (Å²) in [5.41, 5.74) is -1.06. The highest BCUT2D eigenvalue weighted by molar-refractivity contribution is 5.89. The largest absolute Gasteiger partial charge is 0.367 e. The van der Waals surface area contributed by atoms with E-state index >= 15 is 0 Å². The molecule has 1 heterocycles. The Morgan fingerprint density at radius 3 is 2.56 bits per heavy atom. The fraction of sp³-hybridized carbons (Fsp3) is 0.500. The first-order valence-corrected chi connectivity index (χ1v) is 6.13. The highest BCUT2D eigenvalue weighted by Crippen LogP contribution is 2.27. The topological polar surface area (TPSA) is 26.3 Å². The van der Waals surface area contributed by atoms with Crippen LogP contribution in [0.4, 0.5) is 8.78 Å². The van der Waals surface area contributed by atoms with Gasteiger partial charge in [0.2, 0.25) is 0 Å². The molecule has 1 aliphatic rings. The monoisotopic (exact) mass is 254 g/mol. The third-order valence-electron chi connectivity index (χ3n) is 3.46. The van der Waals surface area contributed by atoms with Crippen LogP contribution in [-0.4, -0.2) is 18.0 Å². The van der Waals surface area contributed by atoms with Crippen molar-refractivity contribution in [1.82, 2.24) is 0 Å². The highest BCUT2D eigenvalue weighted by Gasteiger charge is 2.36. The van der Waals surface area contributed by atoms with Gasteiger partial charge < -0.3 is 4.74 Å². The van der Waals surface area contributed by atoms with Crippen LogP contribution in [0.2, 0.25) is 0 Å². The van der Waals surface area contributed by atoms with E-state index in [0.717, 1.165) is 25.0 Å². The second-order valence-electron chi connectivity index (χ2n) is 4.84. The van der Waals surface area contributed by atoms with Crippen LogP contribution in [0.3, 0.4) is 0 Å². The van der Waals surface area contributed by atoms with Gasteiger partial charge in [-0.25, -0.2) is 8.78 Å². The molecule has 0 bridgehead atoms. The van der Waals surface area contributed by atoms with E-state index in [2.05, 4.69) is 0 Å². The molecule has 0 aromatic heterocycles. The summed E-state index contributed by atoms with van der Waals surface area (Å²) in [4.78, 5) is 12.1. The van der Waals surface area contributed by atoms with Gasteiger partial charge in [0.1, 0.15) is 17.2 Å². The molecule has 2 rings (SSSR count). The Kier molecular flexibility index (Phi) is 3.76. The maximum Gasteiger partial charge on any atom is 0.168 e. The van der Waals surface area contributed by atoms with Crippen molar-refractivity contribution in [2.75, 3.05) is 6.61 Å². The molecule has 0 aliphatic carbocycles. The van der Waals surface area contributed by atoms with E-state index in [1.165, 1.54) is 6.07 Å². The lowest BCUT2D eigenvalue weighted by Gasteiger charge is -2.32. The van der Waals surface area contributed by atoms with Crippen molar-refractivity contribution in [2.24, 2.45) is 0 Å². The summed E-state index contributed by atoms with van der Waals surface area (Å²) in [6, 6.07) is 3.61. The number of benzene rings is 1. The van der Waals surface area contributed by atoms with E-state index < -0.39 is 17.2 Å². The van der Waals surface area contributed by atoms with Gasteiger partial charge >= 0.3 is 0 Å². The molecular formula is C14H16F2O2. The van der Waals surface area contributed by atoms with Crippen molar-refractivity contribution in [3.63, 3.8) is 0 Å². The number of halogens is 2. The summed E-state index contributed by atoms with van der Waals surface area (Å²) in [6.07, 6.45) is 2.19. The van der Waals surface area contributed by atoms with Crippen molar-refractivity contribution in [1.29, 1.82) is 0 Å². The van der Waals surface area contributed by atoms with Crippen molar-refractivity contribution < 1.29 is 18.3 Å². The molecule has 1 unspecified atom stereocenters. The number of hydrogen-bond donors (Lipinski definition) is 0. The highest BCUT2D eigenvalue weighted by atomic mass is 19.1. The maximum atomic E-state index is 13.5. The molecule has 0 spiro atoms. The van der Waals surface area contributed by atoms with Gasteiger partial charge in [0.05, 0.1) is 0 Å². The summed E-state index contributed by atoms with van der Waals surface area (Å²) in [5.74, 6) is -1.61. The van der Waals surface area contributed by atoms with E-state index in [1.54, 1.807) is 6.92 Å². The Hall–Kier alpha value is -1.29. The zero-order valence-electron chi connectivity index (χ0n) is 10.3. The fourth-order valence-electron chi connectivity index (χ4n) is 2.20. The van der Waals surface area contributed by atoms with Gasteiger partial charge in [-0.2, -0.15) is 0 Å². The number of carbonyl (C=O) groups excluding carboxylic acids is 1. The average molecular weight is 254 g/mol. The Balaban J connectivity index is 2.16. The van der Waals surface area contributed by atoms with E-state index in [4.69, 9.17) is 4.74 Å². The molecule has 1 aromatic rings. The second kappa shape index (κ2) is 5.14. The van der Waals surface area contributed by atoms with Gasteiger partial charge in [-0.3, -0.25) is 4.79 Å². The molecule has 18 heavy (non-hydrogen) atoms. The van der Waals surface area contributed by atoms with Gasteiger partial charge in [-0.05, 0) is 38.3 Å². The van der Waals surface area contributed by atoms with Crippen LogP contribution >= 0.6 is 0 Å². The zero-order valence-corrected chi connectivity index (χ0v) is 10.3. The first-order chi connectivity index (χ1) is 8.53. The summed E-state index contributed by atoms with van der Waals surface area (Å²) in [5, 5.41) is 0. The Labute approximate surface area is 105 Å². The van der Waals surface area contributed by atoms with Gasteiger partial charge in [-0.15, -0.1) is 0 Å². The molecule has 1 aromatic carbocycles.